The first-order chi connectivity index (χ1) is 11.6. The Morgan fingerprint density at radius 1 is 1.42 bits per heavy atom. The number of carbonyl (C=O) groups excluding carboxylic acids is 2. The molecule has 0 spiro atoms. The van der Waals surface area contributed by atoms with Crippen LogP contribution < -0.4 is 5.32 Å². The summed E-state index contributed by atoms with van der Waals surface area (Å²) in [6.45, 7) is 5.15. The van der Waals surface area contributed by atoms with Gasteiger partial charge in [-0.1, -0.05) is 6.07 Å². The Bertz CT molecular complexity index is 690. The van der Waals surface area contributed by atoms with E-state index in [0.717, 1.165) is 13.1 Å². The summed E-state index contributed by atoms with van der Waals surface area (Å²) in [5.74, 6) is -0.257. The minimum absolute atomic E-state index is 0.0601. The third kappa shape index (κ3) is 3.92. The first-order valence-electron chi connectivity index (χ1n) is 7.98. The number of nitrogens with one attached hydrogen (secondary N) is 2. The highest BCUT2D eigenvalue weighted by Crippen LogP contribution is 2.25. The van der Waals surface area contributed by atoms with Crippen LogP contribution in [0.2, 0.25) is 0 Å². The number of H-pyrrole nitrogens is 1. The number of ether oxygens (including phenoxy) is 1. The third-order valence-electron chi connectivity index (χ3n) is 4.15. The van der Waals surface area contributed by atoms with E-state index in [1.165, 1.54) is 11.8 Å². The van der Waals surface area contributed by atoms with Gasteiger partial charge in [0.25, 0.3) is 5.91 Å². The third-order valence-corrected chi connectivity index (χ3v) is 5.12. The number of Topliss-reactive ketones (excluding diaryl/α,β-unsaturated/α-hetero) is 1. The van der Waals surface area contributed by atoms with Crippen molar-refractivity contribution in [1.82, 2.24) is 15.2 Å². The summed E-state index contributed by atoms with van der Waals surface area (Å²) in [7, 11) is 0. The molecule has 1 fully saturated rings. The number of morpholine rings is 1. The summed E-state index contributed by atoms with van der Waals surface area (Å²) in [4.78, 5) is 30.1. The van der Waals surface area contributed by atoms with Crippen molar-refractivity contribution in [3.05, 3.63) is 45.9 Å². The first kappa shape index (κ1) is 16.9. The smallest absolute Gasteiger partial charge is 0.267 e. The van der Waals surface area contributed by atoms with Gasteiger partial charge in [0.15, 0.2) is 5.78 Å². The van der Waals surface area contributed by atoms with Crippen LogP contribution in [-0.2, 0) is 4.74 Å². The van der Waals surface area contributed by atoms with Crippen molar-refractivity contribution in [1.29, 1.82) is 0 Å². The van der Waals surface area contributed by atoms with Crippen molar-refractivity contribution in [2.45, 2.75) is 13.0 Å². The fourth-order valence-corrected chi connectivity index (χ4v) is 3.65. The number of amides is 1. The number of nitrogens with zero attached hydrogens (tertiary/aromatic N) is 1. The molecule has 2 aromatic rings. The lowest BCUT2D eigenvalue weighted by molar-refractivity contribution is 0.0169. The molecule has 1 aliphatic heterocycles. The molecule has 0 saturated carbocycles. The second-order valence-corrected chi connectivity index (χ2v) is 6.73. The summed E-state index contributed by atoms with van der Waals surface area (Å²) in [6, 6.07) is 5.85. The number of aromatic amines is 1. The van der Waals surface area contributed by atoms with E-state index in [1.54, 1.807) is 23.6 Å². The van der Waals surface area contributed by atoms with Crippen LogP contribution >= 0.6 is 11.3 Å². The van der Waals surface area contributed by atoms with Crippen LogP contribution in [-0.4, -0.2) is 54.4 Å². The van der Waals surface area contributed by atoms with Crippen molar-refractivity contribution in [3.63, 3.8) is 0 Å². The largest absolute Gasteiger partial charge is 0.379 e. The number of rotatable bonds is 6. The van der Waals surface area contributed by atoms with Gasteiger partial charge in [0.1, 0.15) is 5.69 Å². The average molecular weight is 347 g/mol. The number of carbonyl (C=O) groups is 2. The highest BCUT2D eigenvalue weighted by atomic mass is 32.1. The quantitative estimate of drug-likeness (QED) is 0.785. The lowest BCUT2D eigenvalue weighted by atomic mass is 10.2. The Morgan fingerprint density at radius 3 is 2.83 bits per heavy atom. The van der Waals surface area contributed by atoms with Crippen LogP contribution in [0.1, 0.15) is 38.7 Å². The minimum Gasteiger partial charge on any atom is -0.379 e. The van der Waals surface area contributed by atoms with Gasteiger partial charge in [-0.2, -0.15) is 0 Å². The molecule has 24 heavy (non-hydrogen) atoms. The monoisotopic (exact) mass is 347 g/mol. The second kappa shape index (κ2) is 7.74. The van der Waals surface area contributed by atoms with Crippen LogP contribution in [0.15, 0.2) is 29.8 Å². The lowest BCUT2D eigenvalue weighted by Crippen LogP contribution is -2.43. The zero-order valence-electron chi connectivity index (χ0n) is 13.6. The fourth-order valence-electron chi connectivity index (χ4n) is 2.79. The molecule has 1 saturated heterocycles. The normalized spacial score (nSPS) is 16.7. The first-order valence-corrected chi connectivity index (χ1v) is 8.86. The summed E-state index contributed by atoms with van der Waals surface area (Å²) in [5.41, 5.74) is 0.926. The molecule has 128 valence electrons. The molecule has 0 aliphatic carbocycles. The zero-order chi connectivity index (χ0) is 16.9. The van der Waals surface area contributed by atoms with Crippen LogP contribution in [0.5, 0.6) is 0 Å². The molecule has 0 bridgehead atoms. The highest BCUT2D eigenvalue weighted by molar-refractivity contribution is 7.10. The molecule has 2 N–H and O–H groups in total. The number of aromatic nitrogens is 1. The summed E-state index contributed by atoms with van der Waals surface area (Å²) in [5, 5.41) is 5.03. The Hall–Kier alpha value is -1.96. The van der Waals surface area contributed by atoms with Crippen LogP contribution in [0.25, 0.3) is 0 Å². The summed E-state index contributed by atoms with van der Waals surface area (Å²) < 4.78 is 5.42. The van der Waals surface area contributed by atoms with Crippen LogP contribution in [0, 0.1) is 0 Å². The molecule has 0 unspecified atom stereocenters. The zero-order valence-corrected chi connectivity index (χ0v) is 14.4. The van der Waals surface area contributed by atoms with Gasteiger partial charge in [-0.15, -0.1) is 11.3 Å². The standard InChI is InChI=1S/C17H21N3O3S/c1-12(21)13-9-14(18-10-13)17(22)19-11-15(16-3-2-8-24-16)20-4-6-23-7-5-20/h2-3,8-10,15,18H,4-7,11H2,1H3,(H,19,22)/t15-/m1/s1. The van der Waals surface area contributed by atoms with Gasteiger partial charge in [0.05, 0.1) is 19.3 Å². The molecule has 1 atom stereocenters. The number of hydrogen-bond acceptors (Lipinski definition) is 5. The Labute approximate surface area is 144 Å². The maximum atomic E-state index is 12.3. The van der Waals surface area contributed by atoms with Gasteiger partial charge < -0.3 is 15.0 Å². The van der Waals surface area contributed by atoms with Gasteiger partial charge in [-0.3, -0.25) is 14.5 Å². The molecule has 0 radical (unpaired) electrons. The van der Waals surface area contributed by atoms with Crippen molar-refractivity contribution < 1.29 is 14.3 Å². The predicted molar refractivity (Wildman–Crippen MR) is 92.6 cm³/mol. The Balaban J connectivity index is 1.66. The van der Waals surface area contributed by atoms with E-state index in [2.05, 4.69) is 26.6 Å². The predicted octanol–water partition coefficient (Wildman–Crippen LogP) is 2.08. The molecule has 3 heterocycles. The molecule has 7 heteroatoms. The second-order valence-electron chi connectivity index (χ2n) is 5.75. The molecule has 0 aromatic carbocycles. The molecule has 6 nitrogen and oxygen atoms in total. The number of thiophene rings is 1. The maximum Gasteiger partial charge on any atom is 0.267 e. The SMILES string of the molecule is CC(=O)c1c[nH]c(C(=O)NC[C@H](c2cccs2)N2CCOCC2)c1. The summed E-state index contributed by atoms with van der Waals surface area (Å²) >= 11 is 1.69. The van der Waals surface area contributed by atoms with Crippen LogP contribution in [0.4, 0.5) is 0 Å². The van der Waals surface area contributed by atoms with E-state index in [9.17, 15) is 9.59 Å². The highest BCUT2D eigenvalue weighted by Gasteiger charge is 2.24. The topological polar surface area (TPSA) is 74.4 Å². The van der Waals surface area contributed by atoms with E-state index >= 15 is 0 Å². The van der Waals surface area contributed by atoms with Crippen molar-refractivity contribution >= 4 is 23.0 Å². The van der Waals surface area contributed by atoms with Crippen molar-refractivity contribution in [2.24, 2.45) is 0 Å². The summed E-state index contributed by atoms with van der Waals surface area (Å²) in [6.07, 6.45) is 1.57. The van der Waals surface area contributed by atoms with E-state index in [-0.39, 0.29) is 17.7 Å². The van der Waals surface area contributed by atoms with Crippen molar-refractivity contribution in [3.8, 4) is 0 Å². The number of hydrogen-bond donors (Lipinski definition) is 2. The molecule has 3 rings (SSSR count). The van der Waals surface area contributed by atoms with Gasteiger partial charge in [-0.25, -0.2) is 0 Å². The van der Waals surface area contributed by atoms with E-state index < -0.39 is 0 Å². The molecule has 2 aromatic heterocycles. The lowest BCUT2D eigenvalue weighted by Gasteiger charge is -2.34. The maximum absolute atomic E-state index is 12.3. The number of ketones is 1. The van der Waals surface area contributed by atoms with Crippen LogP contribution in [0.3, 0.4) is 0 Å². The van der Waals surface area contributed by atoms with Gasteiger partial charge >= 0.3 is 0 Å². The van der Waals surface area contributed by atoms with Gasteiger partial charge in [0.2, 0.25) is 0 Å². The average Bonchev–Trinajstić information content (AvgIpc) is 3.28. The van der Waals surface area contributed by atoms with E-state index in [1.807, 2.05) is 6.07 Å². The van der Waals surface area contributed by atoms with Gasteiger partial charge in [0, 0.05) is 36.3 Å². The minimum atomic E-state index is -0.197. The van der Waals surface area contributed by atoms with Gasteiger partial charge in [-0.05, 0) is 24.4 Å². The molecular formula is C17H21N3O3S. The Kier molecular flexibility index (Phi) is 5.44. The Morgan fingerprint density at radius 2 is 2.21 bits per heavy atom. The van der Waals surface area contributed by atoms with E-state index in [4.69, 9.17) is 4.74 Å². The van der Waals surface area contributed by atoms with Crippen molar-refractivity contribution in [2.75, 3.05) is 32.8 Å². The fraction of sp³-hybridized carbons (Fsp3) is 0.412. The van der Waals surface area contributed by atoms with E-state index in [0.29, 0.717) is 31.0 Å². The molecule has 1 amide bonds. The molecule has 1 aliphatic rings. The molecular weight excluding hydrogens is 326 g/mol.